The van der Waals surface area contributed by atoms with E-state index in [1.807, 2.05) is 6.92 Å². The van der Waals surface area contributed by atoms with Gasteiger partial charge in [-0.3, -0.25) is 24.1 Å². The first-order valence-electron chi connectivity index (χ1n) is 10.7. The number of benzene rings is 2. The number of fused-ring (bicyclic) bond motifs is 1. The minimum absolute atomic E-state index is 0.00718. The zero-order valence-electron chi connectivity index (χ0n) is 18.3. The zero-order valence-corrected chi connectivity index (χ0v) is 19.1. The van der Waals surface area contributed by atoms with Crippen molar-refractivity contribution in [1.29, 1.82) is 0 Å². The van der Waals surface area contributed by atoms with Gasteiger partial charge in [-0.1, -0.05) is 43.3 Å². The first-order valence-corrected chi connectivity index (χ1v) is 11.5. The summed E-state index contributed by atoms with van der Waals surface area (Å²) in [7, 11) is 0. The van der Waals surface area contributed by atoms with Crippen molar-refractivity contribution < 1.29 is 18.8 Å². The van der Waals surface area contributed by atoms with Gasteiger partial charge in [0.15, 0.2) is 5.69 Å². The van der Waals surface area contributed by atoms with Crippen LogP contribution >= 0.6 is 11.8 Å². The Hall–Kier alpha value is -3.79. The summed E-state index contributed by atoms with van der Waals surface area (Å²) in [5, 5.41) is 7.22. The maximum atomic E-state index is 13.9. The van der Waals surface area contributed by atoms with Crippen molar-refractivity contribution in [2.75, 3.05) is 13.1 Å². The predicted octanol–water partition coefficient (Wildman–Crippen LogP) is 3.41. The molecule has 1 fully saturated rings. The van der Waals surface area contributed by atoms with E-state index in [1.165, 1.54) is 29.0 Å². The molecule has 0 bridgehead atoms. The summed E-state index contributed by atoms with van der Waals surface area (Å²) in [5.41, 5.74) is 0.0344. The normalized spacial score (nSPS) is 14.9. The Morgan fingerprint density at radius 3 is 2.50 bits per heavy atom. The minimum Gasteiger partial charge on any atom is -0.349 e. The van der Waals surface area contributed by atoms with Gasteiger partial charge in [0.05, 0.1) is 10.3 Å². The number of nitrogens with one attached hydrogen (secondary N) is 1. The molecular weight excluding hydrogens is 459 g/mol. The molecular formula is C24H21FN4O4S. The molecule has 1 saturated heterocycles. The van der Waals surface area contributed by atoms with Crippen molar-refractivity contribution in [3.05, 3.63) is 80.9 Å². The van der Waals surface area contributed by atoms with E-state index in [0.29, 0.717) is 23.7 Å². The Labute approximate surface area is 198 Å². The number of hydrogen-bond acceptors (Lipinski definition) is 6. The Morgan fingerprint density at radius 2 is 1.76 bits per heavy atom. The van der Waals surface area contributed by atoms with Crippen LogP contribution in [0, 0.1) is 5.82 Å². The van der Waals surface area contributed by atoms with Crippen molar-refractivity contribution in [2.45, 2.75) is 19.9 Å². The van der Waals surface area contributed by atoms with Crippen molar-refractivity contribution in [1.82, 2.24) is 20.0 Å². The molecule has 0 unspecified atom stereocenters. The highest BCUT2D eigenvalue weighted by atomic mass is 32.2. The van der Waals surface area contributed by atoms with E-state index in [2.05, 4.69) is 10.4 Å². The maximum Gasteiger partial charge on any atom is 0.293 e. The molecule has 0 aliphatic carbocycles. The highest BCUT2D eigenvalue weighted by Crippen LogP contribution is 2.32. The van der Waals surface area contributed by atoms with Crippen LogP contribution in [-0.4, -0.2) is 44.8 Å². The van der Waals surface area contributed by atoms with Crippen molar-refractivity contribution in [3.63, 3.8) is 0 Å². The monoisotopic (exact) mass is 480 g/mol. The van der Waals surface area contributed by atoms with Gasteiger partial charge in [-0.25, -0.2) is 9.07 Å². The summed E-state index contributed by atoms with van der Waals surface area (Å²) >= 11 is 0.720. The average molecular weight is 481 g/mol. The Balaban J connectivity index is 1.47. The summed E-state index contributed by atoms with van der Waals surface area (Å²) in [5.74, 6) is -1.56. The van der Waals surface area contributed by atoms with E-state index in [4.69, 9.17) is 0 Å². The van der Waals surface area contributed by atoms with E-state index in [0.717, 1.165) is 16.7 Å². The highest BCUT2D eigenvalue weighted by Gasteiger charge is 2.35. The third-order valence-corrected chi connectivity index (χ3v) is 6.11. The number of aromatic nitrogens is 2. The second kappa shape index (κ2) is 10.0. The second-order valence-corrected chi connectivity index (χ2v) is 8.53. The van der Waals surface area contributed by atoms with Gasteiger partial charge in [-0.05, 0) is 36.4 Å². The number of thioether (sulfide) groups is 1. The van der Waals surface area contributed by atoms with Crippen molar-refractivity contribution >= 4 is 45.7 Å². The van der Waals surface area contributed by atoms with E-state index in [1.54, 1.807) is 30.3 Å². The molecule has 0 radical (unpaired) electrons. The minimum atomic E-state index is -0.549. The molecule has 1 aromatic heterocycles. The smallest absolute Gasteiger partial charge is 0.293 e. The molecule has 0 saturated carbocycles. The summed E-state index contributed by atoms with van der Waals surface area (Å²) in [6.07, 6.45) is 2.01. The van der Waals surface area contributed by atoms with E-state index in [9.17, 15) is 23.6 Å². The number of carbonyl (C=O) groups excluding carboxylic acids is 3. The summed E-state index contributed by atoms with van der Waals surface area (Å²) in [6, 6.07) is 12.7. The van der Waals surface area contributed by atoms with Crippen LogP contribution in [0.1, 0.15) is 29.4 Å². The standard InChI is InChI=1S/C24H21FN4O4S/c1-2-12-29-22(31)17-9-5-4-8-16(17)20(27-29)21(30)26-11-13-28-23(32)19(34-24(28)33)14-15-7-3-6-10-18(15)25/h3-10,14H,2,11-13H2,1H3,(H,26,30)/b19-14-. The zero-order chi connectivity index (χ0) is 24.2. The summed E-state index contributed by atoms with van der Waals surface area (Å²) in [6.45, 7) is 2.21. The number of amides is 3. The number of halogens is 1. The molecule has 10 heteroatoms. The number of imide groups is 1. The number of rotatable bonds is 7. The number of carbonyl (C=O) groups is 3. The molecule has 174 valence electrons. The lowest BCUT2D eigenvalue weighted by molar-refractivity contribution is -0.122. The summed E-state index contributed by atoms with van der Waals surface area (Å²) in [4.78, 5) is 51.5. The van der Waals surface area contributed by atoms with Gasteiger partial charge < -0.3 is 5.32 Å². The van der Waals surface area contributed by atoms with Crippen LogP contribution in [0.3, 0.4) is 0 Å². The van der Waals surface area contributed by atoms with Crippen LogP contribution in [0.2, 0.25) is 0 Å². The molecule has 34 heavy (non-hydrogen) atoms. The van der Waals surface area contributed by atoms with Crippen LogP contribution in [0.4, 0.5) is 9.18 Å². The molecule has 8 nitrogen and oxygen atoms in total. The molecule has 3 aromatic rings. The number of aryl methyl sites for hydroxylation is 1. The maximum absolute atomic E-state index is 13.9. The average Bonchev–Trinajstić information content (AvgIpc) is 3.09. The van der Waals surface area contributed by atoms with Crippen LogP contribution in [-0.2, 0) is 11.3 Å². The quantitative estimate of drug-likeness (QED) is 0.520. The first-order chi connectivity index (χ1) is 16.4. The Morgan fingerprint density at radius 1 is 1.06 bits per heavy atom. The van der Waals surface area contributed by atoms with E-state index in [-0.39, 0.29) is 34.8 Å². The van der Waals surface area contributed by atoms with Gasteiger partial charge in [0.25, 0.3) is 22.6 Å². The molecule has 4 rings (SSSR count). The molecule has 1 aliphatic heterocycles. The fourth-order valence-corrected chi connectivity index (χ4v) is 4.41. The summed E-state index contributed by atoms with van der Waals surface area (Å²) < 4.78 is 15.2. The van der Waals surface area contributed by atoms with Gasteiger partial charge in [-0.15, -0.1) is 0 Å². The lowest BCUT2D eigenvalue weighted by atomic mass is 10.1. The second-order valence-electron chi connectivity index (χ2n) is 7.53. The van der Waals surface area contributed by atoms with Gasteiger partial charge in [0.1, 0.15) is 5.82 Å². The molecule has 0 atom stereocenters. The lowest BCUT2D eigenvalue weighted by Gasteiger charge is -2.14. The lowest BCUT2D eigenvalue weighted by Crippen LogP contribution is -2.38. The third-order valence-electron chi connectivity index (χ3n) is 5.20. The fourth-order valence-electron chi connectivity index (χ4n) is 3.56. The van der Waals surface area contributed by atoms with Gasteiger partial charge in [0.2, 0.25) is 0 Å². The van der Waals surface area contributed by atoms with Crippen LogP contribution in [0.15, 0.2) is 58.2 Å². The van der Waals surface area contributed by atoms with Crippen LogP contribution in [0.5, 0.6) is 0 Å². The van der Waals surface area contributed by atoms with Gasteiger partial charge >= 0.3 is 0 Å². The highest BCUT2D eigenvalue weighted by molar-refractivity contribution is 8.18. The van der Waals surface area contributed by atoms with Gasteiger partial charge in [-0.2, -0.15) is 5.10 Å². The van der Waals surface area contributed by atoms with Gasteiger partial charge in [0, 0.05) is 30.6 Å². The Kier molecular flexibility index (Phi) is 6.87. The molecule has 2 heterocycles. The number of hydrogen-bond donors (Lipinski definition) is 1. The molecule has 2 aromatic carbocycles. The number of nitrogens with zero attached hydrogens (tertiary/aromatic N) is 3. The van der Waals surface area contributed by atoms with Crippen molar-refractivity contribution in [3.8, 4) is 0 Å². The topological polar surface area (TPSA) is 101 Å². The van der Waals surface area contributed by atoms with Crippen molar-refractivity contribution in [2.24, 2.45) is 0 Å². The van der Waals surface area contributed by atoms with Crippen LogP contribution in [0.25, 0.3) is 16.8 Å². The Bertz CT molecular complexity index is 1380. The molecule has 1 N–H and O–H groups in total. The van der Waals surface area contributed by atoms with Crippen LogP contribution < -0.4 is 10.9 Å². The third kappa shape index (κ3) is 4.62. The molecule has 3 amide bonds. The first kappa shape index (κ1) is 23.4. The largest absolute Gasteiger partial charge is 0.349 e. The fraction of sp³-hybridized carbons (Fsp3) is 0.208. The molecule has 0 spiro atoms. The SMILES string of the molecule is CCCn1nc(C(=O)NCCN2C(=O)S/C(=C\c3ccccc3F)C2=O)c2ccccc2c1=O. The predicted molar refractivity (Wildman–Crippen MR) is 128 cm³/mol. The molecule has 1 aliphatic rings. The van der Waals surface area contributed by atoms with E-state index < -0.39 is 22.9 Å². The van der Waals surface area contributed by atoms with E-state index >= 15 is 0 Å².